The minimum atomic E-state index is -0.973. The van der Waals surface area contributed by atoms with Crippen molar-refractivity contribution in [2.24, 2.45) is 0 Å². The molecule has 0 amide bonds. The van der Waals surface area contributed by atoms with Gasteiger partial charge in [-0.2, -0.15) is 0 Å². The molecule has 0 saturated carbocycles. The van der Waals surface area contributed by atoms with Crippen molar-refractivity contribution in [2.45, 2.75) is 12.5 Å². The Hall–Kier alpha value is -1.78. The van der Waals surface area contributed by atoms with E-state index in [-0.39, 0.29) is 5.78 Å². The van der Waals surface area contributed by atoms with Gasteiger partial charge in [-0.05, 0) is 24.6 Å². The molecule has 0 radical (unpaired) electrons. The lowest BCUT2D eigenvalue weighted by Crippen LogP contribution is -2.35. The quantitative estimate of drug-likeness (QED) is 0.868. The Bertz CT molecular complexity index is 709. The summed E-state index contributed by atoms with van der Waals surface area (Å²) in [4.78, 5) is 25.6. The smallest absolute Gasteiger partial charge is 0.333 e. The number of ketones is 1. The van der Waals surface area contributed by atoms with Crippen LogP contribution in [0.3, 0.4) is 0 Å². The molecule has 0 aromatic heterocycles. The summed E-state index contributed by atoms with van der Waals surface area (Å²) >= 11 is 12.2. The van der Waals surface area contributed by atoms with E-state index in [1.807, 2.05) is 0 Å². The Morgan fingerprint density at radius 2 is 1.95 bits per heavy atom. The van der Waals surface area contributed by atoms with Crippen LogP contribution >= 0.6 is 23.2 Å². The summed E-state index contributed by atoms with van der Waals surface area (Å²) in [5.41, 5.74) is 1.21. The van der Waals surface area contributed by atoms with E-state index in [1.54, 1.807) is 35.2 Å². The molecule has 6 heteroatoms. The number of rotatable bonds is 3. The second-order valence-electron chi connectivity index (χ2n) is 4.89. The number of carboxylic acid groups (broad SMARTS) is 1. The number of hydrogen-bond donors (Lipinski definition) is 1. The van der Waals surface area contributed by atoms with Crippen molar-refractivity contribution in [3.63, 3.8) is 0 Å². The van der Waals surface area contributed by atoms with Crippen LogP contribution in [-0.2, 0) is 4.79 Å². The minimum absolute atomic E-state index is 0.219. The highest BCUT2D eigenvalue weighted by Crippen LogP contribution is 2.38. The lowest BCUT2D eigenvalue weighted by atomic mass is 10.0. The number of carbonyl (C=O) groups is 2. The van der Waals surface area contributed by atoms with E-state index >= 15 is 0 Å². The third kappa shape index (κ3) is 2.24. The number of fused-ring (bicyclic) bond motifs is 1. The Balaban J connectivity index is 1.99. The van der Waals surface area contributed by atoms with Crippen molar-refractivity contribution in [3.8, 4) is 0 Å². The third-order valence-corrected chi connectivity index (χ3v) is 4.36. The predicted molar refractivity (Wildman–Crippen MR) is 79.5 cm³/mol. The van der Waals surface area contributed by atoms with E-state index in [0.717, 1.165) is 0 Å². The van der Waals surface area contributed by atoms with Gasteiger partial charge in [-0.25, -0.2) is 4.79 Å². The molecular weight excluding hydrogens is 313 g/mol. The first kappa shape index (κ1) is 14.2. The van der Waals surface area contributed by atoms with Gasteiger partial charge >= 0.3 is 5.97 Å². The number of carbonyl (C=O) groups excluding carboxylic acids is 1. The van der Waals surface area contributed by atoms with Crippen LogP contribution in [0.25, 0.3) is 0 Å². The summed E-state index contributed by atoms with van der Waals surface area (Å²) in [6.45, 7) is 0.463. The highest BCUT2D eigenvalue weighted by molar-refractivity contribution is 6.36. The number of aliphatic carboxylic acids is 1. The van der Waals surface area contributed by atoms with Crippen LogP contribution in [0, 0.1) is 0 Å². The van der Waals surface area contributed by atoms with Crippen molar-refractivity contribution in [1.29, 1.82) is 0 Å². The standard InChI is InChI=1S/C15H11Cl2NO3/c16-10-4-2-1-3-8(10)14(19)13-11(17)7-12-9(15(20)21)5-6-18(12)13/h1-4,7,13H,5-6H2,(H,20,21). The van der Waals surface area contributed by atoms with Gasteiger partial charge in [-0.1, -0.05) is 35.3 Å². The number of nitrogens with zero attached hydrogens (tertiary/aromatic N) is 1. The second-order valence-corrected chi connectivity index (χ2v) is 5.73. The van der Waals surface area contributed by atoms with E-state index in [2.05, 4.69) is 0 Å². The van der Waals surface area contributed by atoms with Gasteiger partial charge in [-0.3, -0.25) is 4.79 Å². The molecule has 2 aliphatic rings. The number of allylic oxidation sites excluding steroid dienone is 1. The Morgan fingerprint density at radius 3 is 2.62 bits per heavy atom. The first-order valence-corrected chi connectivity index (χ1v) is 7.15. The number of halogens is 2. The zero-order chi connectivity index (χ0) is 15.1. The van der Waals surface area contributed by atoms with Gasteiger partial charge in [0.15, 0.2) is 5.78 Å². The van der Waals surface area contributed by atoms with Gasteiger partial charge in [0.1, 0.15) is 6.04 Å². The summed E-state index contributed by atoms with van der Waals surface area (Å²) in [5, 5.41) is 9.86. The molecule has 3 rings (SSSR count). The molecule has 0 saturated heterocycles. The molecular formula is C15H11Cl2NO3. The first-order valence-electron chi connectivity index (χ1n) is 6.39. The lowest BCUT2D eigenvalue weighted by Gasteiger charge is -2.24. The molecule has 0 fully saturated rings. The lowest BCUT2D eigenvalue weighted by molar-refractivity contribution is -0.132. The van der Waals surface area contributed by atoms with Crippen molar-refractivity contribution in [1.82, 2.24) is 4.90 Å². The summed E-state index contributed by atoms with van der Waals surface area (Å²) in [6.07, 6.45) is 1.97. The summed E-state index contributed by atoms with van der Waals surface area (Å²) < 4.78 is 0. The second kappa shape index (κ2) is 5.20. The minimum Gasteiger partial charge on any atom is -0.478 e. The zero-order valence-corrected chi connectivity index (χ0v) is 12.4. The van der Waals surface area contributed by atoms with E-state index in [1.165, 1.54) is 0 Å². The maximum Gasteiger partial charge on any atom is 0.333 e. The van der Waals surface area contributed by atoms with E-state index in [0.29, 0.717) is 39.9 Å². The molecule has 0 spiro atoms. The third-order valence-electron chi connectivity index (χ3n) is 3.71. The molecule has 0 aliphatic carbocycles. The van der Waals surface area contributed by atoms with Crippen LogP contribution in [0.4, 0.5) is 0 Å². The van der Waals surface area contributed by atoms with Gasteiger partial charge in [0.05, 0.1) is 15.6 Å². The Morgan fingerprint density at radius 1 is 1.24 bits per heavy atom. The molecule has 2 aliphatic heterocycles. The fourth-order valence-corrected chi connectivity index (χ4v) is 3.29. The largest absolute Gasteiger partial charge is 0.478 e. The number of carboxylic acids is 1. The van der Waals surface area contributed by atoms with Crippen LogP contribution in [0.15, 0.2) is 46.6 Å². The fraction of sp³-hybridized carbons (Fsp3) is 0.200. The molecule has 1 N–H and O–H groups in total. The van der Waals surface area contributed by atoms with Gasteiger partial charge in [0.2, 0.25) is 0 Å². The SMILES string of the molecule is O=C(O)C1=C2C=C(Cl)C(C(=O)c3ccccc3Cl)N2CC1. The monoisotopic (exact) mass is 323 g/mol. The fourth-order valence-electron chi connectivity index (χ4n) is 2.74. The Labute approximate surface area is 131 Å². The molecule has 2 heterocycles. The normalized spacial score (nSPS) is 20.6. The van der Waals surface area contributed by atoms with E-state index in [4.69, 9.17) is 28.3 Å². The Kier molecular flexibility index (Phi) is 3.51. The molecule has 1 unspecified atom stereocenters. The van der Waals surface area contributed by atoms with Gasteiger partial charge in [0, 0.05) is 17.8 Å². The molecule has 21 heavy (non-hydrogen) atoms. The van der Waals surface area contributed by atoms with E-state index < -0.39 is 12.0 Å². The molecule has 1 aromatic rings. The predicted octanol–water partition coefficient (Wildman–Crippen LogP) is 3.07. The van der Waals surface area contributed by atoms with Crippen molar-refractivity contribution in [2.75, 3.05) is 6.54 Å². The summed E-state index contributed by atoms with van der Waals surface area (Å²) in [6, 6.07) is 6.08. The number of benzene rings is 1. The van der Waals surface area contributed by atoms with Crippen LogP contribution in [0.5, 0.6) is 0 Å². The van der Waals surface area contributed by atoms with Crippen molar-refractivity contribution < 1.29 is 14.7 Å². The molecule has 1 aromatic carbocycles. The average Bonchev–Trinajstić information content (AvgIpc) is 2.96. The van der Waals surface area contributed by atoms with Crippen molar-refractivity contribution >= 4 is 35.0 Å². The molecule has 108 valence electrons. The maximum atomic E-state index is 12.7. The molecule has 1 atom stereocenters. The summed E-state index contributed by atoms with van der Waals surface area (Å²) in [7, 11) is 0. The van der Waals surface area contributed by atoms with Gasteiger partial charge < -0.3 is 10.0 Å². The highest BCUT2D eigenvalue weighted by atomic mass is 35.5. The number of hydrogen-bond acceptors (Lipinski definition) is 3. The van der Waals surface area contributed by atoms with Gasteiger partial charge in [0.25, 0.3) is 0 Å². The van der Waals surface area contributed by atoms with E-state index in [9.17, 15) is 9.59 Å². The van der Waals surface area contributed by atoms with Crippen LogP contribution in [-0.4, -0.2) is 34.3 Å². The summed E-state index contributed by atoms with van der Waals surface area (Å²) in [5.74, 6) is -1.19. The van der Waals surface area contributed by atoms with Crippen LogP contribution in [0.2, 0.25) is 5.02 Å². The highest BCUT2D eigenvalue weighted by Gasteiger charge is 2.41. The van der Waals surface area contributed by atoms with Crippen molar-refractivity contribution in [3.05, 3.63) is 57.2 Å². The van der Waals surface area contributed by atoms with Gasteiger partial charge in [-0.15, -0.1) is 0 Å². The topological polar surface area (TPSA) is 57.6 Å². The van der Waals surface area contributed by atoms with Crippen LogP contribution < -0.4 is 0 Å². The maximum absolute atomic E-state index is 12.7. The number of Topliss-reactive ketones (excluding diaryl/α,β-unsaturated/α-hetero) is 1. The van der Waals surface area contributed by atoms with Crippen LogP contribution in [0.1, 0.15) is 16.8 Å². The molecule has 0 bridgehead atoms. The molecule has 4 nitrogen and oxygen atoms in total. The average molecular weight is 324 g/mol. The first-order chi connectivity index (χ1) is 10.0. The zero-order valence-electron chi connectivity index (χ0n) is 10.8.